The second kappa shape index (κ2) is 6.46. The first-order chi connectivity index (χ1) is 13.0. The van der Waals surface area contributed by atoms with Crippen molar-refractivity contribution < 1.29 is 17.9 Å². The quantitative estimate of drug-likeness (QED) is 0.464. The summed E-state index contributed by atoms with van der Waals surface area (Å²) in [5, 5.41) is 0. The van der Waals surface area contributed by atoms with E-state index in [-0.39, 0.29) is 0 Å². The topological polar surface area (TPSA) is 26.5 Å². The number of pyridine rings is 1. The molecule has 0 amide bonds. The van der Waals surface area contributed by atoms with Gasteiger partial charge >= 0.3 is 6.18 Å². The molecule has 0 saturated heterocycles. The van der Waals surface area contributed by atoms with Gasteiger partial charge in [0.1, 0.15) is 11.6 Å². The van der Waals surface area contributed by atoms with E-state index in [9.17, 15) is 13.2 Å². The molecular weight excluding hydrogens is 353 g/mol. The van der Waals surface area contributed by atoms with Gasteiger partial charge in [0.15, 0.2) is 0 Å². The van der Waals surface area contributed by atoms with Gasteiger partial charge in [0.2, 0.25) is 0 Å². The average molecular weight is 368 g/mol. The van der Waals surface area contributed by atoms with Gasteiger partial charge < -0.3 is 4.74 Å². The van der Waals surface area contributed by atoms with Gasteiger partial charge in [-0.25, -0.2) is 4.98 Å². The number of nitrogens with zero attached hydrogens (tertiary/aromatic N) is 2. The molecule has 2 aromatic carbocycles. The summed E-state index contributed by atoms with van der Waals surface area (Å²) in [5.41, 5.74) is 2.47. The van der Waals surface area contributed by atoms with Crippen LogP contribution in [0, 0.1) is 0 Å². The average Bonchev–Trinajstić information content (AvgIpc) is 3.07. The van der Waals surface area contributed by atoms with Crippen molar-refractivity contribution in [2.75, 3.05) is 7.11 Å². The molecule has 0 spiro atoms. The summed E-state index contributed by atoms with van der Waals surface area (Å²) in [6.07, 6.45) is -2.51. The molecule has 4 aromatic rings. The molecule has 0 N–H and O–H groups in total. The summed E-state index contributed by atoms with van der Waals surface area (Å²) in [4.78, 5) is 4.72. The van der Waals surface area contributed by atoms with E-state index < -0.39 is 11.7 Å². The molecule has 0 bridgehead atoms. The highest BCUT2D eigenvalue weighted by Gasteiger charge is 2.30. The lowest BCUT2D eigenvalue weighted by molar-refractivity contribution is -0.137. The highest BCUT2D eigenvalue weighted by atomic mass is 19.4. The molecule has 27 heavy (non-hydrogen) atoms. The molecule has 0 aliphatic rings. The molecule has 2 heterocycles. The van der Waals surface area contributed by atoms with Crippen molar-refractivity contribution in [2.24, 2.45) is 0 Å². The Balaban J connectivity index is 1.84. The Morgan fingerprint density at radius 2 is 1.52 bits per heavy atom. The number of benzene rings is 2. The van der Waals surface area contributed by atoms with Crippen LogP contribution in [0.1, 0.15) is 5.56 Å². The number of ether oxygens (including phenoxy) is 1. The van der Waals surface area contributed by atoms with Crippen LogP contribution in [-0.4, -0.2) is 16.5 Å². The molecule has 0 atom stereocenters. The minimum atomic E-state index is -4.36. The van der Waals surface area contributed by atoms with Crippen LogP contribution < -0.4 is 4.74 Å². The first-order valence-electron chi connectivity index (χ1n) is 8.26. The van der Waals surface area contributed by atoms with Crippen molar-refractivity contribution in [1.29, 1.82) is 0 Å². The number of hydrogen-bond donors (Lipinski definition) is 0. The predicted octanol–water partition coefficient (Wildman–Crippen LogP) is 5.70. The highest BCUT2D eigenvalue weighted by Crippen LogP contribution is 2.33. The minimum Gasteiger partial charge on any atom is -0.497 e. The molecule has 0 fully saturated rings. The summed E-state index contributed by atoms with van der Waals surface area (Å²) in [6.45, 7) is 0. The number of fused-ring (bicyclic) bond motifs is 1. The van der Waals surface area contributed by atoms with Crippen molar-refractivity contribution in [1.82, 2.24) is 9.38 Å². The molecular formula is C21H15F3N2O. The van der Waals surface area contributed by atoms with Crippen molar-refractivity contribution in [3.05, 3.63) is 78.5 Å². The normalized spacial score (nSPS) is 11.7. The summed E-state index contributed by atoms with van der Waals surface area (Å²) in [7, 11) is 1.60. The van der Waals surface area contributed by atoms with Gasteiger partial charge in [-0.05, 0) is 48.5 Å². The lowest BCUT2D eigenvalue weighted by atomic mass is 10.1. The molecule has 4 rings (SSSR count). The van der Waals surface area contributed by atoms with E-state index in [0.717, 1.165) is 34.7 Å². The smallest absolute Gasteiger partial charge is 0.416 e. The van der Waals surface area contributed by atoms with E-state index in [1.165, 1.54) is 12.1 Å². The van der Waals surface area contributed by atoms with Crippen molar-refractivity contribution in [2.45, 2.75) is 6.18 Å². The first kappa shape index (κ1) is 17.1. The third-order valence-corrected chi connectivity index (χ3v) is 4.38. The van der Waals surface area contributed by atoms with Gasteiger partial charge in [0.05, 0.1) is 23.9 Å². The number of alkyl halides is 3. The number of rotatable bonds is 3. The van der Waals surface area contributed by atoms with Crippen LogP contribution in [-0.2, 0) is 6.18 Å². The predicted molar refractivity (Wildman–Crippen MR) is 97.6 cm³/mol. The van der Waals surface area contributed by atoms with Crippen LogP contribution >= 0.6 is 0 Å². The molecule has 3 nitrogen and oxygen atoms in total. The number of imidazole rings is 1. The molecule has 2 aromatic heterocycles. The van der Waals surface area contributed by atoms with Crippen molar-refractivity contribution in [3.63, 3.8) is 0 Å². The maximum atomic E-state index is 12.8. The number of aromatic nitrogens is 2. The largest absolute Gasteiger partial charge is 0.497 e. The monoisotopic (exact) mass is 368 g/mol. The number of methoxy groups -OCH3 is 1. The lowest BCUT2D eigenvalue weighted by Crippen LogP contribution is -2.04. The first-order valence-corrected chi connectivity index (χ1v) is 8.26. The second-order valence-corrected chi connectivity index (χ2v) is 6.04. The fraction of sp³-hybridized carbons (Fsp3) is 0.0952. The van der Waals surface area contributed by atoms with Gasteiger partial charge in [-0.2, -0.15) is 13.2 Å². The molecule has 0 saturated carbocycles. The van der Waals surface area contributed by atoms with E-state index in [1.807, 2.05) is 53.1 Å². The Kier molecular flexibility index (Phi) is 4.11. The van der Waals surface area contributed by atoms with Crippen LogP contribution in [0.2, 0.25) is 0 Å². The van der Waals surface area contributed by atoms with Crippen molar-refractivity contribution in [3.8, 4) is 28.4 Å². The third kappa shape index (κ3) is 3.14. The van der Waals surface area contributed by atoms with E-state index in [4.69, 9.17) is 9.72 Å². The summed E-state index contributed by atoms with van der Waals surface area (Å²) >= 11 is 0. The lowest BCUT2D eigenvalue weighted by Gasteiger charge is -2.07. The summed E-state index contributed by atoms with van der Waals surface area (Å²) in [6, 6.07) is 18.3. The summed E-state index contributed by atoms with van der Waals surface area (Å²) < 4.78 is 45.6. The van der Waals surface area contributed by atoms with Gasteiger partial charge in [-0.1, -0.05) is 18.2 Å². The van der Waals surface area contributed by atoms with E-state index in [0.29, 0.717) is 11.4 Å². The molecule has 0 aliphatic carbocycles. The van der Waals surface area contributed by atoms with Crippen LogP contribution in [0.3, 0.4) is 0 Å². The van der Waals surface area contributed by atoms with Crippen LogP contribution in [0.25, 0.3) is 28.2 Å². The van der Waals surface area contributed by atoms with E-state index in [1.54, 1.807) is 7.11 Å². The second-order valence-electron chi connectivity index (χ2n) is 6.04. The van der Waals surface area contributed by atoms with Gasteiger partial charge in [-0.3, -0.25) is 4.40 Å². The Bertz CT molecular complexity index is 1080. The maximum absolute atomic E-state index is 12.8. The zero-order chi connectivity index (χ0) is 19.0. The van der Waals surface area contributed by atoms with Crippen LogP contribution in [0.4, 0.5) is 13.2 Å². The Hall–Kier alpha value is -3.28. The zero-order valence-electron chi connectivity index (χ0n) is 14.4. The molecule has 0 aliphatic heterocycles. The summed E-state index contributed by atoms with van der Waals surface area (Å²) in [5.74, 6) is 1.33. The fourth-order valence-corrected chi connectivity index (χ4v) is 3.01. The Morgan fingerprint density at radius 3 is 2.15 bits per heavy atom. The molecule has 0 unspecified atom stereocenters. The number of halogens is 3. The van der Waals surface area contributed by atoms with Gasteiger partial charge in [-0.15, -0.1) is 0 Å². The Morgan fingerprint density at radius 1 is 0.852 bits per heavy atom. The Labute approximate surface area is 153 Å². The molecule has 136 valence electrons. The van der Waals surface area contributed by atoms with E-state index >= 15 is 0 Å². The highest BCUT2D eigenvalue weighted by molar-refractivity contribution is 5.81. The number of hydrogen-bond acceptors (Lipinski definition) is 2. The zero-order valence-corrected chi connectivity index (χ0v) is 14.4. The van der Waals surface area contributed by atoms with Crippen molar-refractivity contribution >= 4 is 5.52 Å². The van der Waals surface area contributed by atoms with Crippen LogP contribution in [0.5, 0.6) is 5.75 Å². The SMILES string of the molecule is COc1ccc(-c2nc(-c3ccc(C(F)(F)F)cc3)n3ccccc23)cc1. The standard InChI is InChI=1S/C21H15F3N2O/c1-27-17-11-7-14(8-12-17)19-18-4-2-3-13-26(18)20(25-19)15-5-9-16(10-6-15)21(22,23)24/h2-13H,1H3. The third-order valence-electron chi connectivity index (χ3n) is 4.38. The minimum absolute atomic E-state index is 0.588. The van der Waals surface area contributed by atoms with Gasteiger partial charge in [0, 0.05) is 17.3 Å². The van der Waals surface area contributed by atoms with Crippen LogP contribution in [0.15, 0.2) is 72.9 Å². The fourth-order valence-electron chi connectivity index (χ4n) is 3.01. The molecule has 0 radical (unpaired) electrons. The van der Waals surface area contributed by atoms with Gasteiger partial charge in [0.25, 0.3) is 0 Å². The maximum Gasteiger partial charge on any atom is 0.416 e. The molecule has 6 heteroatoms. The van der Waals surface area contributed by atoms with E-state index in [2.05, 4.69) is 0 Å².